The molecule has 0 aliphatic carbocycles. The Balaban J connectivity index is 1.44. The molecule has 178 valence electrons. The van der Waals surface area contributed by atoms with Crippen LogP contribution in [0.1, 0.15) is 42.3 Å². The number of oxazole rings is 1. The SMILES string of the molecule is COC(Cc1ccc(OCCc2nc(-c3ccc(C(C)C)cc3)oc2C)c2ccsc12)C(=O)O. The Hall–Kier alpha value is -3.16. The number of carbonyl (C=O) groups is 1. The van der Waals surface area contributed by atoms with E-state index in [0.29, 0.717) is 31.3 Å². The summed E-state index contributed by atoms with van der Waals surface area (Å²) in [7, 11) is 1.42. The third kappa shape index (κ3) is 5.16. The van der Waals surface area contributed by atoms with Gasteiger partial charge in [-0.25, -0.2) is 9.78 Å². The van der Waals surface area contributed by atoms with E-state index in [-0.39, 0.29) is 0 Å². The highest BCUT2D eigenvalue weighted by Gasteiger charge is 2.20. The van der Waals surface area contributed by atoms with Crippen LogP contribution in [0.15, 0.2) is 52.3 Å². The maximum absolute atomic E-state index is 11.4. The van der Waals surface area contributed by atoms with Crippen molar-refractivity contribution in [1.29, 1.82) is 0 Å². The maximum Gasteiger partial charge on any atom is 0.333 e. The van der Waals surface area contributed by atoms with Crippen LogP contribution in [-0.4, -0.2) is 35.9 Å². The van der Waals surface area contributed by atoms with Crippen molar-refractivity contribution in [3.8, 4) is 17.2 Å². The van der Waals surface area contributed by atoms with Gasteiger partial charge >= 0.3 is 5.97 Å². The van der Waals surface area contributed by atoms with E-state index < -0.39 is 12.1 Å². The standard InChI is InChI=1S/C27H29NO5S/c1-16(2)18-5-7-19(8-6-18)26-28-22(17(3)33-26)11-13-32-23-10-9-20(15-24(31-4)27(29)30)25-21(23)12-14-34-25/h5-10,12,14,16,24H,11,13,15H2,1-4H3,(H,29,30). The highest BCUT2D eigenvalue weighted by atomic mass is 32.1. The Morgan fingerprint density at radius 2 is 1.91 bits per heavy atom. The molecule has 0 amide bonds. The number of thiophene rings is 1. The number of rotatable bonds is 10. The number of hydrogen-bond donors (Lipinski definition) is 1. The number of aromatic nitrogens is 1. The van der Waals surface area contributed by atoms with Crippen LogP contribution in [0.25, 0.3) is 21.5 Å². The van der Waals surface area contributed by atoms with Crippen LogP contribution in [-0.2, 0) is 22.4 Å². The van der Waals surface area contributed by atoms with Gasteiger partial charge in [-0.3, -0.25) is 0 Å². The van der Waals surface area contributed by atoms with E-state index in [0.717, 1.165) is 38.4 Å². The molecule has 1 atom stereocenters. The first kappa shape index (κ1) is 24.0. The van der Waals surface area contributed by atoms with Crippen molar-refractivity contribution in [2.24, 2.45) is 0 Å². The van der Waals surface area contributed by atoms with Crippen LogP contribution in [0.5, 0.6) is 5.75 Å². The first-order valence-electron chi connectivity index (χ1n) is 11.3. The van der Waals surface area contributed by atoms with Crippen LogP contribution >= 0.6 is 11.3 Å². The van der Waals surface area contributed by atoms with E-state index in [2.05, 4.69) is 26.0 Å². The zero-order valence-corrected chi connectivity index (χ0v) is 20.6. The molecule has 6 nitrogen and oxygen atoms in total. The fraction of sp³-hybridized carbons (Fsp3) is 0.333. The average Bonchev–Trinajstić information content (AvgIpc) is 3.46. The lowest BCUT2D eigenvalue weighted by molar-refractivity contribution is -0.148. The van der Waals surface area contributed by atoms with Crippen molar-refractivity contribution in [3.05, 3.63) is 70.4 Å². The van der Waals surface area contributed by atoms with Crippen molar-refractivity contribution in [1.82, 2.24) is 4.98 Å². The minimum absolute atomic E-state index is 0.308. The first-order chi connectivity index (χ1) is 16.4. The van der Waals surface area contributed by atoms with Crippen LogP contribution in [0.2, 0.25) is 0 Å². The monoisotopic (exact) mass is 479 g/mol. The van der Waals surface area contributed by atoms with Crippen LogP contribution in [0, 0.1) is 6.92 Å². The van der Waals surface area contributed by atoms with Gasteiger partial charge in [0.25, 0.3) is 0 Å². The van der Waals surface area contributed by atoms with Crippen LogP contribution < -0.4 is 4.74 Å². The zero-order chi connectivity index (χ0) is 24.2. The number of benzene rings is 2. The summed E-state index contributed by atoms with van der Waals surface area (Å²) in [5.74, 6) is 1.71. The molecule has 0 saturated heterocycles. The van der Waals surface area contributed by atoms with E-state index in [1.165, 1.54) is 12.7 Å². The number of ether oxygens (including phenoxy) is 2. The van der Waals surface area contributed by atoms with Gasteiger partial charge in [0.15, 0.2) is 6.10 Å². The van der Waals surface area contributed by atoms with Crippen molar-refractivity contribution < 1.29 is 23.8 Å². The quantitative estimate of drug-likeness (QED) is 0.289. The summed E-state index contributed by atoms with van der Waals surface area (Å²) in [6.07, 6.45) is 0.0581. The minimum Gasteiger partial charge on any atom is -0.493 e. The fourth-order valence-corrected chi connectivity index (χ4v) is 4.84. The van der Waals surface area contributed by atoms with Gasteiger partial charge in [-0.2, -0.15) is 0 Å². The summed E-state index contributed by atoms with van der Waals surface area (Å²) in [4.78, 5) is 16.1. The molecular weight excluding hydrogens is 450 g/mol. The molecule has 0 aliphatic rings. The van der Waals surface area contributed by atoms with Gasteiger partial charge in [-0.1, -0.05) is 32.0 Å². The number of aryl methyl sites for hydroxylation is 1. The minimum atomic E-state index is -0.967. The summed E-state index contributed by atoms with van der Waals surface area (Å²) in [6, 6.07) is 14.1. The van der Waals surface area contributed by atoms with Gasteiger partial charge in [0.2, 0.25) is 5.89 Å². The Morgan fingerprint density at radius 3 is 2.59 bits per heavy atom. The smallest absolute Gasteiger partial charge is 0.333 e. The Kier molecular flexibility index (Phi) is 7.34. The third-order valence-electron chi connectivity index (χ3n) is 5.94. The lowest BCUT2D eigenvalue weighted by atomic mass is 10.0. The Labute approximate surface area is 203 Å². The van der Waals surface area contributed by atoms with Crippen molar-refractivity contribution in [3.63, 3.8) is 0 Å². The second-order valence-corrected chi connectivity index (χ2v) is 9.47. The first-order valence-corrected chi connectivity index (χ1v) is 12.2. The summed E-state index contributed by atoms with van der Waals surface area (Å²) >= 11 is 1.57. The number of hydrogen-bond acceptors (Lipinski definition) is 6. The van der Waals surface area contributed by atoms with Gasteiger partial charge < -0.3 is 19.0 Å². The summed E-state index contributed by atoms with van der Waals surface area (Å²) in [6.45, 7) is 6.73. The molecule has 7 heteroatoms. The van der Waals surface area contributed by atoms with E-state index >= 15 is 0 Å². The molecular formula is C27H29NO5S. The second kappa shape index (κ2) is 10.4. The topological polar surface area (TPSA) is 81.8 Å². The molecule has 0 aliphatic heterocycles. The molecule has 0 bridgehead atoms. The van der Waals surface area contributed by atoms with Crippen molar-refractivity contribution in [2.45, 2.75) is 45.6 Å². The molecule has 1 unspecified atom stereocenters. The normalized spacial score (nSPS) is 12.4. The van der Waals surface area contributed by atoms with Crippen LogP contribution in [0.3, 0.4) is 0 Å². The van der Waals surface area contributed by atoms with Gasteiger partial charge in [-0.05, 0) is 53.6 Å². The Morgan fingerprint density at radius 1 is 1.15 bits per heavy atom. The molecule has 0 fully saturated rings. The fourth-order valence-electron chi connectivity index (χ4n) is 3.90. The van der Waals surface area contributed by atoms with Gasteiger partial charge in [0.1, 0.15) is 11.5 Å². The highest BCUT2D eigenvalue weighted by molar-refractivity contribution is 7.17. The average molecular weight is 480 g/mol. The zero-order valence-electron chi connectivity index (χ0n) is 19.8. The van der Waals surface area contributed by atoms with Crippen molar-refractivity contribution >= 4 is 27.4 Å². The molecule has 2 aromatic carbocycles. The number of fused-ring (bicyclic) bond motifs is 1. The third-order valence-corrected chi connectivity index (χ3v) is 6.93. The van der Waals surface area contributed by atoms with Gasteiger partial charge in [-0.15, -0.1) is 11.3 Å². The van der Waals surface area contributed by atoms with E-state index in [9.17, 15) is 9.90 Å². The van der Waals surface area contributed by atoms with Gasteiger partial charge in [0.05, 0.1) is 12.3 Å². The highest BCUT2D eigenvalue weighted by Crippen LogP contribution is 2.34. The van der Waals surface area contributed by atoms with Crippen LogP contribution in [0.4, 0.5) is 0 Å². The number of aliphatic carboxylic acids is 1. The van der Waals surface area contributed by atoms with E-state index in [1.807, 2.05) is 42.6 Å². The maximum atomic E-state index is 11.4. The summed E-state index contributed by atoms with van der Waals surface area (Å²) < 4.78 is 18.1. The number of methoxy groups -OCH3 is 1. The Bertz CT molecular complexity index is 1270. The van der Waals surface area contributed by atoms with Crippen molar-refractivity contribution in [2.75, 3.05) is 13.7 Å². The molecule has 34 heavy (non-hydrogen) atoms. The van der Waals surface area contributed by atoms with Gasteiger partial charge in [0, 0.05) is 35.6 Å². The number of carboxylic acid groups (broad SMARTS) is 1. The molecule has 0 radical (unpaired) electrons. The molecule has 4 rings (SSSR count). The number of nitrogens with zero attached hydrogens (tertiary/aromatic N) is 1. The lowest BCUT2D eigenvalue weighted by Gasteiger charge is -2.13. The largest absolute Gasteiger partial charge is 0.493 e. The molecule has 1 N–H and O–H groups in total. The molecule has 2 aromatic heterocycles. The predicted octanol–water partition coefficient (Wildman–Crippen LogP) is 6.25. The number of carboxylic acids is 1. The second-order valence-electron chi connectivity index (χ2n) is 8.55. The molecule has 2 heterocycles. The molecule has 4 aromatic rings. The molecule has 0 saturated carbocycles. The summed E-state index contributed by atoms with van der Waals surface area (Å²) in [5, 5.41) is 12.3. The van der Waals surface area contributed by atoms with E-state index in [1.54, 1.807) is 11.3 Å². The van der Waals surface area contributed by atoms with E-state index in [4.69, 9.17) is 18.9 Å². The predicted molar refractivity (Wildman–Crippen MR) is 134 cm³/mol. The molecule has 0 spiro atoms. The summed E-state index contributed by atoms with van der Waals surface area (Å²) in [5.41, 5.74) is 4.07. The lowest BCUT2D eigenvalue weighted by Crippen LogP contribution is -2.24.